The molecular formula is C25H37N3O2S. The van der Waals surface area contributed by atoms with Crippen molar-refractivity contribution in [3.63, 3.8) is 0 Å². The maximum Gasteiger partial charge on any atom is 0.261 e. The van der Waals surface area contributed by atoms with E-state index in [0.717, 1.165) is 53.2 Å². The second kappa shape index (κ2) is 10.8. The van der Waals surface area contributed by atoms with Gasteiger partial charge in [-0.05, 0) is 62.9 Å². The van der Waals surface area contributed by atoms with Gasteiger partial charge in [-0.2, -0.15) is 0 Å². The van der Waals surface area contributed by atoms with E-state index in [9.17, 15) is 4.79 Å². The minimum absolute atomic E-state index is 0.0581. The van der Waals surface area contributed by atoms with Gasteiger partial charge in [0, 0.05) is 42.3 Å². The molecule has 2 aliphatic heterocycles. The first-order chi connectivity index (χ1) is 15.1. The fourth-order valence-electron chi connectivity index (χ4n) is 4.55. The summed E-state index contributed by atoms with van der Waals surface area (Å²) in [5.74, 6) is 1.41. The molecule has 0 saturated carbocycles. The summed E-state index contributed by atoms with van der Waals surface area (Å²) in [6, 6.07) is 8.35. The van der Waals surface area contributed by atoms with Gasteiger partial charge >= 0.3 is 0 Å². The number of carbonyl (C=O) groups is 1. The zero-order valence-corrected chi connectivity index (χ0v) is 19.9. The van der Waals surface area contributed by atoms with Gasteiger partial charge in [0.1, 0.15) is 5.75 Å². The van der Waals surface area contributed by atoms with Crippen LogP contribution in [0.15, 0.2) is 24.3 Å². The third kappa shape index (κ3) is 6.21. The largest absolute Gasteiger partial charge is 0.493 e. The Bertz CT molecular complexity index is 852. The number of fused-ring (bicyclic) bond motifs is 1. The van der Waals surface area contributed by atoms with Crippen molar-refractivity contribution in [2.75, 3.05) is 45.9 Å². The van der Waals surface area contributed by atoms with Gasteiger partial charge < -0.3 is 19.9 Å². The van der Waals surface area contributed by atoms with E-state index in [2.05, 4.69) is 35.0 Å². The quantitative estimate of drug-likeness (QED) is 0.647. The van der Waals surface area contributed by atoms with E-state index in [1.54, 1.807) is 11.3 Å². The Morgan fingerprint density at radius 1 is 1.10 bits per heavy atom. The molecule has 1 aromatic heterocycles. The normalized spacial score (nSPS) is 19.2. The molecule has 5 nitrogen and oxygen atoms in total. The van der Waals surface area contributed by atoms with Gasteiger partial charge in [0.05, 0.1) is 11.5 Å². The molecule has 0 radical (unpaired) electrons. The Hall–Kier alpha value is -1.63. The molecule has 31 heavy (non-hydrogen) atoms. The Morgan fingerprint density at radius 3 is 2.52 bits per heavy atom. The van der Waals surface area contributed by atoms with Crippen LogP contribution >= 0.6 is 11.3 Å². The monoisotopic (exact) mass is 443 g/mol. The van der Waals surface area contributed by atoms with Crippen LogP contribution in [0, 0.1) is 5.92 Å². The van der Waals surface area contributed by atoms with Crippen LogP contribution in [0.3, 0.4) is 0 Å². The molecule has 2 fully saturated rings. The third-order valence-corrected chi connectivity index (χ3v) is 7.52. The summed E-state index contributed by atoms with van der Waals surface area (Å²) < 4.78 is 7.08. The highest BCUT2D eigenvalue weighted by molar-refractivity contribution is 7.20. The lowest BCUT2D eigenvalue weighted by Crippen LogP contribution is -2.46. The van der Waals surface area contributed by atoms with Gasteiger partial charge in [-0.15, -0.1) is 11.3 Å². The standard InChI is InChI=1S/C25H37N3O2S/c1-19(2)18-30-22-7-6-8-23-21(22)17-24(31-23)25(29)26-20-9-13-28(14-10-20)16-15-27-11-4-3-5-12-27/h6-8,17,19-20H,3-5,9-16,18H2,1-2H3,(H,26,29). The lowest BCUT2D eigenvalue weighted by atomic mass is 10.0. The molecule has 3 heterocycles. The van der Waals surface area contributed by atoms with Crippen molar-refractivity contribution in [1.82, 2.24) is 15.1 Å². The van der Waals surface area contributed by atoms with E-state index in [1.807, 2.05) is 18.2 Å². The van der Waals surface area contributed by atoms with Crippen LogP contribution in [0.2, 0.25) is 0 Å². The van der Waals surface area contributed by atoms with Crippen molar-refractivity contribution < 1.29 is 9.53 Å². The molecule has 2 aliphatic rings. The molecule has 2 saturated heterocycles. The number of rotatable bonds is 8. The number of carbonyl (C=O) groups excluding carboxylic acids is 1. The molecule has 0 spiro atoms. The zero-order chi connectivity index (χ0) is 21.6. The maximum atomic E-state index is 12.9. The summed E-state index contributed by atoms with van der Waals surface area (Å²) in [5.41, 5.74) is 0. The van der Waals surface area contributed by atoms with Gasteiger partial charge in [0.2, 0.25) is 0 Å². The summed E-state index contributed by atoms with van der Waals surface area (Å²) in [7, 11) is 0. The second-order valence-corrected chi connectivity index (χ2v) is 10.6. The number of piperidine rings is 2. The minimum atomic E-state index is 0.0581. The third-order valence-electron chi connectivity index (χ3n) is 6.42. The van der Waals surface area contributed by atoms with E-state index >= 15 is 0 Å². The lowest BCUT2D eigenvalue weighted by molar-refractivity contribution is 0.0909. The number of hydrogen-bond acceptors (Lipinski definition) is 5. The van der Waals surface area contributed by atoms with Crippen molar-refractivity contribution in [2.45, 2.75) is 52.0 Å². The number of likely N-dealkylation sites (tertiary alicyclic amines) is 2. The number of hydrogen-bond donors (Lipinski definition) is 1. The summed E-state index contributed by atoms with van der Waals surface area (Å²) in [5, 5.41) is 4.33. The number of benzene rings is 1. The van der Waals surface area contributed by atoms with Gasteiger partial charge in [-0.1, -0.05) is 26.3 Å². The molecule has 0 atom stereocenters. The molecule has 4 rings (SSSR count). The highest BCUT2D eigenvalue weighted by Gasteiger charge is 2.23. The van der Waals surface area contributed by atoms with Gasteiger partial charge in [-0.3, -0.25) is 4.79 Å². The lowest BCUT2D eigenvalue weighted by Gasteiger charge is -2.34. The van der Waals surface area contributed by atoms with Crippen molar-refractivity contribution in [3.05, 3.63) is 29.1 Å². The Kier molecular flexibility index (Phi) is 7.86. The van der Waals surface area contributed by atoms with Crippen molar-refractivity contribution in [3.8, 4) is 5.75 Å². The smallest absolute Gasteiger partial charge is 0.261 e. The maximum absolute atomic E-state index is 12.9. The molecule has 6 heteroatoms. The summed E-state index contributed by atoms with van der Waals surface area (Å²) in [6.07, 6.45) is 6.20. The van der Waals surface area contributed by atoms with E-state index in [1.165, 1.54) is 38.9 Å². The number of nitrogens with one attached hydrogen (secondary N) is 1. The van der Waals surface area contributed by atoms with Gasteiger partial charge in [-0.25, -0.2) is 0 Å². The van der Waals surface area contributed by atoms with Crippen molar-refractivity contribution in [1.29, 1.82) is 0 Å². The number of thiophene rings is 1. The van der Waals surface area contributed by atoms with Crippen LogP contribution in [-0.4, -0.2) is 67.6 Å². The number of nitrogens with zero attached hydrogens (tertiary/aromatic N) is 2. The molecule has 170 valence electrons. The van der Waals surface area contributed by atoms with Crippen molar-refractivity contribution >= 4 is 27.3 Å². The van der Waals surface area contributed by atoms with Crippen LogP contribution in [-0.2, 0) is 0 Å². The summed E-state index contributed by atoms with van der Waals surface area (Å²) >= 11 is 1.56. The minimum Gasteiger partial charge on any atom is -0.493 e. The summed E-state index contributed by atoms with van der Waals surface area (Å²) in [4.78, 5) is 18.9. The van der Waals surface area contributed by atoms with Crippen LogP contribution in [0.4, 0.5) is 0 Å². The first-order valence-electron chi connectivity index (χ1n) is 12.0. The predicted molar refractivity (Wildman–Crippen MR) is 129 cm³/mol. The fourth-order valence-corrected chi connectivity index (χ4v) is 5.53. The second-order valence-electron chi connectivity index (χ2n) is 9.48. The van der Waals surface area contributed by atoms with Crippen LogP contribution < -0.4 is 10.1 Å². The van der Waals surface area contributed by atoms with E-state index in [4.69, 9.17) is 4.74 Å². The van der Waals surface area contributed by atoms with Gasteiger partial charge in [0.15, 0.2) is 0 Å². The molecule has 1 N–H and O–H groups in total. The SMILES string of the molecule is CC(C)COc1cccc2sc(C(=O)NC3CCN(CCN4CCCCC4)CC3)cc12. The predicted octanol–water partition coefficient (Wildman–Crippen LogP) is 4.62. The Labute approximate surface area is 190 Å². The van der Waals surface area contributed by atoms with Crippen LogP contribution in [0.1, 0.15) is 55.6 Å². The first-order valence-corrected chi connectivity index (χ1v) is 12.8. The molecule has 0 unspecified atom stereocenters. The molecule has 0 aliphatic carbocycles. The first kappa shape index (κ1) is 22.6. The molecular weight excluding hydrogens is 406 g/mol. The van der Waals surface area contributed by atoms with Crippen LogP contribution in [0.25, 0.3) is 10.1 Å². The van der Waals surface area contributed by atoms with E-state index in [-0.39, 0.29) is 11.9 Å². The van der Waals surface area contributed by atoms with Crippen molar-refractivity contribution in [2.24, 2.45) is 5.92 Å². The zero-order valence-electron chi connectivity index (χ0n) is 19.1. The molecule has 2 aromatic rings. The number of ether oxygens (including phenoxy) is 1. The average molecular weight is 444 g/mol. The van der Waals surface area contributed by atoms with E-state index < -0.39 is 0 Å². The van der Waals surface area contributed by atoms with Gasteiger partial charge in [0.25, 0.3) is 5.91 Å². The van der Waals surface area contributed by atoms with E-state index in [0.29, 0.717) is 12.5 Å². The fraction of sp³-hybridized carbons (Fsp3) is 0.640. The molecule has 1 amide bonds. The molecule has 0 bridgehead atoms. The molecule has 1 aromatic carbocycles. The average Bonchev–Trinajstić information content (AvgIpc) is 3.23. The summed E-state index contributed by atoms with van der Waals surface area (Å²) in [6.45, 7) is 12.0. The Morgan fingerprint density at radius 2 is 1.81 bits per heavy atom. The topological polar surface area (TPSA) is 44.8 Å². The number of amides is 1. The highest BCUT2D eigenvalue weighted by Crippen LogP contribution is 2.33. The van der Waals surface area contributed by atoms with Crippen LogP contribution in [0.5, 0.6) is 5.75 Å². The Balaban J connectivity index is 1.27. The highest BCUT2D eigenvalue weighted by atomic mass is 32.1.